The Labute approximate surface area is 137 Å². The smallest absolute Gasteiger partial charge is 0.306 e. The predicted octanol–water partition coefficient (Wildman–Crippen LogP) is 2.59. The van der Waals surface area contributed by atoms with E-state index < -0.39 is 0 Å². The van der Waals surface area contributed by atoms with E-state index in [-0.39, 0.29) is 17.8 Å². The normalized spacial score (nSPS) is 16.3. The molecule has 0 bridgehead atoms. The van der Waals surface area contributed by atoms with Crippen molar-refractivity contribution in [3.63, 3.8) is 0 Å². The van der Waals surface area contributed by atoms with E-state index in [0.717, 1.165) is 30.5 Å². The molecule has 23 heavy (non-hydrogen) atoms. The van der Waals surface area contributed by atoms with Crippen LogP contribution in [0.1, 0.15) is 50.5 Å². The number of carbonyl (C=O) groups excluding carboxylic acids is 2. The van der Waals surface area contributed by atoms with E-state index in [0.29, 0.717) is 32.5 Å². The van der Waals surface area contributed by atoms with E-state index in [9.17, 15) is 9.59 Å². The number of fused-ring (bicyclic) bond motifs is 1. The summed E-state index contributed by atoms with van der Waals surface area (Å²) in [6.45, 7) is 3.42. The zero-order valence-corrected chi connectivity index (χ0v) is 13.8. The van der Waals surface area contributed by atoms with E-state index >= 15 is 0 Å². The number of para-hydroxylation sites is 1. The summed E-state index contributed by atoms with van der Waals surface area (Å²) in [4.78, 5) is 26.1. The highest BCUT2D eigenvalue weighted by Crippen LogP contribution is 2.38. The molecular formula is C18H26N2O3. The van der Waals surface area contributed by atoms with E-state index in [4.69, 9.17) is 10.5 Å². The summed E-state index contributed by atoms with van der Waals surface area (Å²) >= 11 is 0. The third kappa shape index (κ3) is 4.55. The Morgan fingerprint density at radius 3 is 2.78 bits per heavy atom. The molecule has 1 unspecified atom stereocenters. The topological polar surface area (TPSA) is 72.6 Å². The van der Waals surface area contributed by atoms with Crippen LogP contribution in [0.5, 0.6) is 0 Å². The van der Waals surface area contributed by atoms with Gasteiger partial charge in [0, 0.05) is 24.6 Å². The monoisotopic (exact) mass is 318 g/mol. The summed E-state index contributed by atoms with van der Waals surface area (Å²) in [6.07, 6.45) is 3.64. The third-order valence-corrected chi connectivity index (χ3v) is 4.18. The molecular weight excluding hydrogens is 292 g/mol. The standard InChI is InChI=1S/C18H26N2O3/c1-2-23-18(22)12-14-13-20(16-9-6-5-8-15(14)16)17(21)10-4-3-7-11-19/h5-6,8-9,14H,2-4,7,10-13,19H2,1H3. The van der Waals surface area contributed by atoms with Crippen LogP contribution >= 0.6 is 0 Å². The summed E-state index contributed by atoms with van der Waals surface area (Å²) < 4.78 is 5.05. The second-order valence-electron chi connectivity index (χ2n) is 5.87. The molecule has 0 aromatic heterocycles. The summed E-state index contributed by atoms with van der Waals surface area (Å²) in [6, 6.07) is 7.84. The minimum Gasteiger partial charge on any atom is -0.466 e. The molecule has 5 nitrogen and oxygen atoms in total. The lowest BCUT2D eigenvalue weighted by atomic mass is 9.98. The molecule has 1 aromatic rings. The maximum Gasteiger partial charge on any atom is 0.306 e. The lowest BCUT2D eigenvalue weighted by molar-refractivity contribution is -0.143. The molecule has 0 saturated heterocycles. The van der Waals surface area contributed by atoms with Crippen molar-refractivity contribution in [2.45, 2.75) is 44.9 Å². The van der Waals surface area contributed by atoms with E-state index in [2.05, 4.69) is 0 Å². The maximum atomic E-state index is 12.5. The Morgan fingerprint density at radius 2 is 2.04 bits per heavy atom. The Kier molecular flexibility index (Phi) is 6.59. The fraction of sp³-hybridized carbons (Fsp3) is 0.556. The van der Waals surface area contributed by atoms with Gasteiger partial charge in [-0.25, -0.2) is 0 Å². The highest BCUT2D eigenvalue weighted by molar-refractivity contribution is 5.96. The fourth-order valence-corrected chi connectivity index (χ4v) is 3.06. The molecule has 5 heteroatoms. The van der Waals surface area contributed by atoms with Gasteiger partial charge in [0.05, 0.1) is 13.0 Å². The summed E-state index contributed by atoms with van der Waals surface area (Å²) in [5.41, 5.74) is 7.48. The van der Waals surface area contributed by atoms with Gasteiger partial charge in [0.2, 0.25) is 5.91 Å². The van der Waals surface area contributed by atoms with Gasteiger partial charge in [-0.05, 0) is 37.9 Å². The quantitative estimate of drug-likeness (QED) is 0.590. The second kappa shape index (κ2) is 8.67. The van der Waals surface area contributed by atoms with Crippen LogP contribution in [-0.2, 0) is 14.3 Å². The van der Waals surface area contributed by atoms with Crippen molar-refractivity contribution in [3.8, 4) is 0 Å². The van der Waals surface area contributed by atoms with Gasteiger partial charge in [0.15, 0.2) is 0 Å². The molecule has 0 saturated carbocycles. The van der Waals surface area contributed by atoms with Crippen molar-refractivity contribution in [1.82, 2.24) is 0 Å². The molecule has 2 rings (SSSR count). The number of hydrogen-bond donors (Lipinski definition) is 1. The SMILES string of the molecule is CCOC(=O)CC1CN(C(=O)CCCCCN)c2ccccc21. The second-order valence-corrected chi connectivity index (χ2v) is 5.87. The van der Waals surface area contributed by atoms with Crippen molar-refractivity contribution in [1.29, 1.82) is 0 Å². The average Bonchev–Trinajstić information content (AvgIpc) is 2.91. The van der Waals surface area contributed by atoms with Crippen LogP contribution in [-0.4, -0.2) is 31.6 Å². The zero-order chi connectivity index (χ0) is 16.7. The van der Waals surface area contributed by atoms with Gasteiger partial charge in [0.1, 0.15) is 0 Å². The Hall–Kier alpha value is -1.88. The Balaban J connectivity index is 2.02. The number of amides is 1. The first-order chi connectivity index (χ1) is 11.2. The lowest BCUT2D eigenvalue weighted by Gasteiger charge is -2.18. The molecule has 1 amide bonds. The van der Waals surface area contributed by atoms with Gasteiger partial charge in [-0.15, -0.1) is 0 Å². The third-order valence-electron chi connectivity index (χ3n) is 4.18. The Bertz CT molecular complexity index is 545. The van der Waals surface area contributed by atoms with Gasteiger partial charge in [-0.3, -0.25) is 9.59 Å². The lowest BCUT2D eigenvalue weighted by Crippen LogP contribution is -2.30. The molecule has 1 aliphatic heterocycles. The number of unbranched alkanes of at least 4 members (excludes halogenated alkanes) is 2. The average molecular weight is 318 g/mol. The first-order valence-corrected chi connectivity index (χ1v) is 8.42. The van der Waals surface area contributed by atoms with Crippen LogP contribution in [0.4, 0.5) is 5.69 Å². The van der Waals surface area contributed by atoms with Gasteiger partial charge in [-0.1, -0.05) is 24.6 Å². The molecule has 126 valence electrons. The minimum atomic E-state index is -0.204. The van der Waals surface area contributed by atoms with Crippen LogP contribution in [0.2, 0.25) is 0 Å². The van der Waals surface area contributed by atoms with Crippen LogP contribution in [0.3, 0.4) is 0 Å². The first kappa shape index (κ1) is 17.5. The molecule has 1 aliphatic rings. The molecule has 1 heterocycles. The number of nitrogens with two attached hydrogens (primary N) is 1. The number of hydrogen-bond acceptors (Lipinski definition) is 4. The molecule has 0 radical (unpaired) electrons. The van der Waals surface area contributed by atoms with Crippen molar-refractivity contribution >= 4 is 17.6 Å². The van der Waals surface area contributed by atoms with Gasteiger partial charge in [-0.2, -0.15) is 0 Å². The van der Waals surface area contributed by atoms with E-state index in [1.54, 1.807) is 6.92 Å². The highest BCUT2D eigenvalue weighted by Gasteiger charge is 2.33. The van der Waals surface area contributed by atoms with Gasteiger partial charge < -0.3 is 15.4 Å². The zero-order valence-electron chi connectivity index (χ0n) is 13.8. The van der Waals surface area contributed by atoms with Gasteiger partial charge >= 0.3 is 5.97 Å². The number of nitrogens with zero attached hydrogens (tertiary/aromatic N) is 1. The van der Waals surface area contributed by atoms with Crippen LogP contribution in [0.25, 0.3) is 0 Å². The summed E-state index contributed by atoms with van der Waals surface area (Å²) in [5.74, 6) is -0.0522. The van der Waals surface area contributed by atoms with Crippen LogP contribution in [0, 0.1) is 0 Å². The molecule has 0 fully saturated rings. The van der Waals surface area contributed by atoms with Gasteiger partial charge in [0.25, 0.3) is 0 Å². The summed E-state index contributed by atoms with van der Waals surface area (Å²) in [5, 5.41) is 0. The Morgan fingerprint density at radius 1 is 1.26 bits per heavy atom. The summed E-state index contributed by atoms with van der Waals surface area (Å²) in [7, 11) is 0. The fourth-order valence-electron chi connectivity index (χ4n) is 3.06. The van der Waals surface area contributed by atoms with Crippen molar-refractivity contribution in [2.24, 2.45) is 5.73 Å². The number of anilines is 1. The van der Waals surface area contributed by atoms with E-state index in [1.807, 2.05) is 29.2 Å². The number of esters is 1. The van der Waals surface area contributed by atoms with Crippen molar-refractivity contribution < 1.29 is 14.3 Å². The molecule has 2 N–H and O–H groups in total. The minimum absolute atomic E-state index is 0.0261. The van der Waals surface area contributed by atoms with Crippen LogP contribution < -0.4 is 10.6 Å². The number of carbonyl (C=O) groups is 2. The molecule has 0 aliphatic carbocycles. The highest BCUT2D eigenvalue weighted by atomic mass is 16.5. The molecule has 1 atom stereocenters. The number of ether oxygens (including phenoxy) is 1. The largest absolute Gasteiger partial charge is 0.466 e. The van der Waals surface area contributed by atoms with Crippen molar-refractivity contribution in [2.75, 3.05) is 24.6 Å². The van der Waals surface area contributed by atoms with E-state index in [1.165, 1.54) is 0 Å². The first-order valence-electron chi connectivity index (χ1n) is 8.42. The number of benzene rings is 1. The van der Waals surface area contributed by atoms with Crippen LogP contribution in [0.15, 0.2) is 24.3 Å². The molecule has 1 aromatic carbocycles. The van der Waals surface area contributed by atoms with Crippen molar-refractivity contribution in [3.05, 3.63) is 29.8 Å². The number of rotatable bonds is 8. The maximum absolute atomic E-state index is 12.5. The molecule has 0 spiro atoms. The predicted molar refractivity (Wildman–Crippen MR) is 90.3 cm³/mol.